The van der Waals surface area contributed by atoms with Crippen LogP contribution in [0.2, 0.25) is 0 Å². The predicted octanol–water partition coefficient (Wildman–Crippen LogP) is 2.96. The molecular weight excluding hydrogens is 222 g/mol. The van der Waals surface area contributed by atoms with Crippen LogP contribution in [0.1, 0.15) is 49.1 Å². The van der Waals surface area contributed by atoms with Gasteiger partial charge in [0.25, 0.3) is 0 Å². The highest BCUT2D eigenvalue weighted by molar-refractivity contribution is 5.38. The summed E-state index contributed by atoms with van der Waals surface area (Å²) in [6, 6.07) is 8.94. The van der Waals surface area contributed by atoms with Gasteiger partial charge in [0, 0.05) is 24.5 Å². The van der Waals surface area contributed by atoms with E-state index in [4.69, 9.17) is 10.5 Å². The molecule has 1 atom stereocenters. The van der Waals surface area contributed by atoms with Gasteiger partial charge in [0.05, 0.1) is 6.61 Å². The summed E-state index contributed by atoms with van der Waals surface area (Å²) < 4.78 is 5.56. The zero-order valence-electron chi connectivity index (χ0n) is 11.0. The first kappa shape index (κ1) is 12.2. The molecule has 0 radical (unpaired) electrons. The number of hydrogen-bond acceptors (Lipinski definition) is 2. The third-order valence-electron chi connectivity index (χ3n) is 4.85. The fourth-order valence-corrected chi connectivity index (χ4v) is 3.75. The van der Waals surface area contributed by atoms with Crippen molar-refractivity contribution in [2.24, 2.45) is 5.73 Å². The number of nitrogens with two attached hydrogens (primary N) is 1. The first-order chi connectivity index (χ1) is 8.86. The zero-order chi connectivity index (χ0) is 12.4. The van der Waals surface area contributed by atoms with E-state index in [2.05, 4.69) is 24.3 Å². The van der Waals surface area contributed by atoms with Gasteiger partial charge in [-0.15, -0.1) is 0 Å². The molecule has 0 aromatic heterocycles. The first-order valence-corrected chi connectivity index (χ1v) is 7.23. The van der Waals surface area contributed by atoms with E-state index >= 15 is 0 Å². The summed E-state index contributed by atoms with van der Waals surface area (Å²) >= 11 is 0. The van der Waals surface area contributed by atoms with E-state index in [1.807, 2.05) is 0 Å². The van der Waals surface area contributed by atoms with Crippen LogP contribution in [0, 0.1) is 0 Å². The fraction of sp³-hybridized carbons (Fsp3) is 0.625. The SMILES string of the molecule is NCC1(c2ccccc2C2CCOC2)CCCC1. The maximum atomic E-state index is 6.14. The predicted molar refractivity (Wildman–Crippen MR) is 73.8 cm³/mol. The van der Waals surface area contributed by atoms with E-state index in [0.717, 1.165) is 26.2 Å². The molecule has 1 saturated carbocycles. The maximum Gasteiger partial charge on any atom is 0.0535 e. The molecule has 1 heterocycles. The van der Waals surface area contributed by atoms with Crippen LogP contribution in [-0.4, -0.2) is 19.8 Å². The number of hydrogen-bond donors (Lipinski definition) is 1. The van der Waals surface area contributed by atoms with Crippen LogP contribution in [0.25, 0.3) is 0 Å². The van der Waals surface area contributed by atoms with E-state index < -0.39 is 0 Å². The molecule has 2 aliphatic rings. The summed E-state index contributed by atoms with van der Waals surface area (Å²) in [6.07, 6.45) is 6.33. The van der Waals surface area contributed by atoms with E-state index in [1.54, 1.807) is 0 Å². The molecular formula is C16H23NO. The molecule has 2 N–H and O–H groups in total. The average Bonchev–Trinajstić information content (AvgIpc) is 3.11. The van der Waals surface area contributed by atoms with Crippen LogP contribution < -0.4 is 5.73 Å². The Kier molecular flexibility index (Phi) is 3.40. The molecule has 0 spiro atoms. The smallest absolute Gasteiger partial charge is 0.0535 e. The Bertz CT molecular complexity index is 403. The molecule has 1 saturated heterocycles. The van der Waals surface area contributed by atoms with Crippen LogP contribution in [0.4, 0.5) is 0 Å². The van der Waals surface area contributed by atoms with E-state index in [1.165, 1.54) is 36.8 Å². The van der Waals surface area contributed by atoms with Crippen molar-refractivity contribution in [2.45, 2.75) is 43.4 Å². The number of benzene rings is 1. The van der Waals surface area contributed by atoms with Crippen LogP contribution in [0.15, 0.2) is 24.3 Å². The Morgan fingerprint density at radius 3 is 2.67 bits per heavy atom. The van der Waals surface area contributed by atoms with E-state index in [-0.39, 0.29) is 5.41 Å². The second kappa shape index (κ2) is 5.02. The Morgan fingerprint density at radius 1 is 1.22 bits per heavy atom. The Balaban J connectivity index is 1.99. The van der Waals surface area contributed by atoms with Gasteiger partial charge in [-0.3, -0.25) is 0 Å². The summed E-state index contributed by atoms with van der Waals surface area (Å²) in [7, 11) is 0. The minimum Gasteiger partial charge on any atom is -0.381 e. The number of rotatable bonds is 3. The quantitative estimate of drug-likeness (QED) is 0.888. The molecule has 2 fully saturated rings. The number of ether oxygens (including phenoxy) is 1. The molecule has 2 heteroatoms. The first-order valence-electron chi connectivity index (χ1n) is 7.23. The van der Waals surface area contributed by atoms with Gasteiger partial charge in [0.1, 0.15) is 0 Å². The molecule has 3 rings (SSSR count). The van der Waals surface area contributed by atoms with Crippen molar-refractivity contribution in [3.8, 4) is 0 Å². The molecule has 0 bridgehead atoms. The Morgan fingerprint density at radius 2 is 2.00 bits per heavy atom. The average molecular weight is 245 g/mol. The molecule has 1 aromatic rings. The van der Waals surface area contributed by atoms with Gasteiger partial charge in [-0.05, 0) is 30.4 Å². The van der Waals surface area contributed by atoms with Gasteiger partial charge in [0.2, 0.25) is 0 Å². The van der Waals surface area contributed by atoms with Crippen LogP contribution >= 0.6 is 0 Å². The van der Waals surface area contributed by atoms with Gasteiger partial charge >= 0.3 is 0 Å². The minimum absolute atomic E-state index is 0.249. The Labute approximate surface area is 110 Å². The van der Waals surface area contributed by atoms with E-state index in [0.29, 0.717) is 5.92 Å². The van der Waals surface area contributed by atoms with Gasteiger partial charge in [-0.1, -0.05) is 37.1 Å². The highest BCUT2D eigenvalue weighted by atomic mass is 16.5. The summed E-state index contributed by atoms with van der Waals surface area (Å²) in [5, 5.41) is 0. The zero-order valence-corrected chi connectivity index (χ0v) is 11.0. The van der Waals surface area contributed by atoms with Crippen molar-refractivity contribution in [2.75, 3.05) is 19.8 Å². The minimum atomic E-state index is 0.249. The lowest BCUT2D eigenvalue weighted by Gasteiger charge is -2.31. The lowest BCUT2D eigenvalue weighted by Crippen LogP contribution is -2.33. The van der Waals surface area contributed by atoms with Gasteiger partial charge in [-0.2, -0.15) is 0 Å². The third-order valence-corrected chi connectivity index (χ3v) is 4.85. The van der Waals surface area contributed by atoms with Crippen molar-refractivity contribution in [3.05, 3.63) is 35.4 Å². The molecule has 0 amide bonds. The summed E-state index contributed by atoms with van der Waals surface area (Å²) in [6.45, 7) is 2.59. The highest BCUT2D eigenvalue weighted by Crippen LogP contribution is 2.44. The van der Waals surface area contributed by atoms with Gasteiger partial charge in [-0.25, -0.2) is 0 Å². The molecule has 1 aromatic carbocycles. The standard InChI is InChI=1S/C16H23NO/c17-12-16(8-3-4-9-16)15-6-2-1-5-14(15)13-7-10-18-11-13/h1-2,5-6,13H,3-4,7-12,17H2. The summed E-state index contributed by atoms with van der Waals surface area (Å²) in [4.78, 5) is 0. The molecule has 1 unspecified atom stereocenters. The van der Waals surface area contributed by atoms with Crippen molar-refractivity contribution in [1.82, 2.24) is 0 Å². The van der Waals surface area contributed by atoms with Gasteiger partial charge < -0.3 is 10.5 Å². The van der Waals surface area contributed by atoms with Crippen LogP contribution in [0.5, 0.6) is 0 Å². The van der Waals surface area contributed by atoms with Crippen molar-refractivity contribution in [1.29, 1.82) is 0 Å². The lowest BCUT2D eigenvalue weighted by atomic mass is 9.74. The molecule has 1 aliphatic heterocycles. The molecule has 2 nitrogen and oxygen atoms in total. The largest absolute Gasteiger partial charge is 0.381 e. The van der Waals surface area contributed by atoms with Gasteiger partial charge in [0.15, 0.2) is 0 Å². The maximum absolute atomic E-state index is 6.14. The normalized spacial score (nSPS) is 26.6. The molecule has 98 valence electrons. The monoisotopic (exact) mass is 245 g/mol. The topological polar surface area (TPSA) is 35.2 Å². The summed E-state index contributed by atoms with van der Waals surface area (Å²) in [5.74, 6) is 0.588. The second-order valence-corrected chi connectivity index (χ2v) is 5.84. The molecule has 18 heavy (non-hydrogen) atoms. The van der Waals surface area contributed by atoms with Crippen LogP contribution in [0.3, 0.4) is 0 Å². The lowest BCUT2D eigenvalue weighted by molar-refractivity contribution is 0.193. The third kappa shape index (κ3) is 1.98. The fourth-order valence-electron chi connectivity index (χ4n) is 3.75. The van der Waals surface area contributed by atoms with Crippen molar-refractivity contribution >= 4 is 0 Å². The highest BCUT2D eigenvalue weighted by Gasteiger charge is 2.37. The molecule has 1 aliphatic carbocycles. The van der Waals surface area contributed by atoms with Crippen molar-refractivity contribution < 1.29 is 4.74 Å². The van der Waals surface area contributed by atoms with Crippen molar-refractivity contribution in [3.63, 3.8) is 0 Å². The van der Waals surface area contributed by atoms with E-state index in [9.17, 15) is 0 Å². The second-order valence-electron chi connectivity index (χ2n) is 5.84. The Hall–Kier alpha value is -0.860. The van der Waals surface area contributed by atoms with Crippen LogP contribution in [-0.2, 0) is 10.2 Å². The summed E-state index contributed by atoms with van der Waals surface area (Å²) in [5.41, 5.74) is 9.40.